The number of β-amino-alcohol motifs (C(OH)–C–C–N with tert-alkyl or cyclic N) is 2. The maximum atomic E-state index is 9.71. The summed E-state index contributed by atoms with van der Waals surface area (Å²) in [6.45, 7) is 4.24. The number of aliphatic hydroxyl groups excluding tert-OH is 2. The van der Waals surface area contributed by atoms with Gasteiger partial charge in [0, 0.05) is 24.6 Å². The Kier molecular flexibility index (Phi) is 8.55. The topological polar surface area (TPSA) is 114 Å². The molecule has 0 aromatic heterocycles. The molecule has 0 amide bonds. The summed E-state index contributed by atoms with van der Waals surface area (Å²) in [5.41, 5.74) is 3.67. The van der Waals surface area contributed by atoms with E-state index in [9.17, 15) is 10.2 Å². The average molecular weight is 547 g/mol. The molecule has 0 aliphatic carbocycles. The molecule has 0 saturated heterocycles. The van der Waals surface area contributed by atoms with E-state index in [0.717, 1.165) is 33.2 Å². The summed E-state index contributed by atoms with van der Waals surface area (Å²) in [4.78, 5) is 0. The Morgan fingerprint density at radius 1 is 0.861 bits per heavy atom. The average Bonchev–Trinajstić information content (AvgIpc) is 2.92. The van der Waals surface area contributed by atoms with E-state index in [2.05, 4.69) is 25.2 Å². The molecule has 5 rings (SSSR count). The fraction of sp³-hybridized carbons (Fsp3) is 0.280. The molecule has 4 aliphatic heterocycles. The van der Waals surface area contributed by atoms with Crippen LogP contribution in [0.4, 0.5) is 11.4 Å². The SMILES string of the molecule is CC1=NN(CCO)C2=CC=c3ccc4c(c3[N-]2)[N-]C(=CC=4)N(CCO)N=C(C)C2C=CC=C1[N-]2.[Cl][Mn+]. The number of nitrogens with zero attached hydrogens (tertiary/aromatic N) is 7. The first-order valence-electron chi connectivity index (χ1n) is 11.4. The zero-order chi connectivity index (χ0) is 25.7. The van der Waals surface area contributed by atoms with Crippen molar-refractivity contribution in [1.82, 2.24) is 10.0 Å². The van der Waals surface area contributed by atoms with Gasteiger partial charge in [0.05, 0.1) is 0 Å². The molecule has 11 heteroatoms. The Morgan fingerprint density at radius 3 is 1.97 bits per heavy atom. The van der Waals surface area contributed by atoms with Crippen molar-refractivity contribution >= 4 is 45.0 Å². The van der Waals surface area contributed by atoms with E-state index in [-0.39, 0.29) is 25.8 Å². The Balaban J connectivity index is 0.00000148. The Morgan fingerprint density at radius 2 is 1.42 bits per heavy atom. The maximum absolute atomic E-state index is 9.71. The number of halogens is 1. The van der Waals surface area contributed by atoms with Crippen LogP contribution in [0.5, 0.6) is 0 Å². The number of hydrogen-bond donors (Lipinski definition) is 2. The van der Waals surface area contributed by atoms with Gasteiger partial charge in [-0.2, -0.15) is 0 Å². The van der Waals surface area contributed by atoms with E-state index in [4.69, 9.17) is 26.2 Å². The van der Waals surface area contributed by atoms with Gasteiger partial charge in [-0.05, 0) is 60.4 Å². The molecule has 1 aromatic carbocycles. The molecule has 2 N–H and O–H groups in total. The number of rotatable bonds is 4. The van der Waals surface area contributed by atoms with Crippen LogP contribution in [0.15, 0.2) is 70.1 Å². The summed E-state index contributed by atoms with van der Waals surface area (Å²) in [5, 5.41) is 48.9. The molecule has 6 bridgehead atoms. The van der Waals surface area contributed by atoms with Gasteiger partial charge >= 0.3 is 25.2 Å². The molecule has 1 atom stereocenters. The monoisotopic (exact) mass is 546 g/mol. The Labute approximate surface area is 222 Å². The molecule has 0 fully saturated rings. The van der Waals surface area contributed by atoms with Gasteiger partial charge < -0.3 is 36.2 Å². The number of hydrogen-bond acceptors (Lipinski definition) is 6. The van der Waals surface area contributed by atoms with E-state index in [1.807, 2.05) is 68.5 Å². The van der Waals surface area contributed by atoms with Crippen molar-refractivity contribution in [2.75, 3.05) is 26.3 Å². The quantitative estimate of drug-likeness (QED) is 0.565. The van der Waals surface area contributed by atoms with Crippen LogP contribution in [0.3, 0.4) is 0 Å². The summed E-state index contributed by atoms with van der Waals surface area (Å²) < 4.78 is 0. The molecule has 0 spiro atoms. The minimum absolute atomic E-state index is 0.0703. The van der Waals surface area contributed by atoms with Gasteiger partial charge in [0.2, 0.25) is 0 Å². The van der Waals surface area contributed by atoms with Crippen LogP contribution < -0.4 is 10.4 Å². The Hall–Kier alpha value is -3.01. The van der Waals surface area contributed by atoms with Crippen LogP contribution in [0.1, 0.15) is 13.8 Å². The summed E-state index contributed by atoms with van der Waals surface area (Å²) >= 11 is 2.41. The number of hydrazone groups is 2. The number of allylic oxidation sites excluding steroid dienone is 5. The molecule has 9 nitrogen and oxygen atoms in total. The van der Waals surface area contributed by atoms with Gasteiger partial charge in [0.15, 0.2) is 0 Å². The number of benzene rings is 1. The third-order valence-corrected chi connectivity index (χ3v) is 5.82. The van der Waals surface area contributed by atoms with Gasteiger partial charge in [-0.1, -0.05) is 60.7 Å². The van der Waals surface area contributed by atoms with Crippen LogP contribution in [-0.4, -0.2) is 64.0 Å². The second-order valence-corrected chi connectivity index (χ2v) is 8.18. The standard InChI is InChI=1S/C25H26N7O2.ClH.Mn/c1-16-20-4-3-5-21(26-20)17(2)30-32(13-15-34)23-11-9-19-7-6-18-8-10-22(31(29-16)12-14-33)27-24(18)25(19)28-23;;/h3-11,20,33-34H,12-15H2,1-2H3;1H;/q-3;;+2/p-1. The summed E-state index contributed by atoms with van der Waals surface area (Å²) in [6.07, 6.45) is 13.6. The van der Waals surface area contributed by atoms with Gasteiger partial charge in [-0.25, -0.2) is 0 Å². The first-order chi connectivity index (χ1) is 17.6. The predicted octanol–water partition coefficient (Wildman–Crippen LogP) is 3.21. The first-order valence-corrected chi connectivity index (χ1v) is 13.0. The normalized spacial score (nSPS) is 19.6. The van der Waals surface area contributed by atoms with Gasteiger partial charge in [0.1, 0.15) is 0 Å². The van der Waals surface area contributed by atoms with E-state index >= 15 is 0 Å². The van der Waals surface area contributed by atoms with Gasteiger partial charge in [-0.3, -0.25) is 10.2 Å². The molecular weight excluding hydrogens is 521 g/mol. The molecule has 189 valence electrons. The number of fused-ring (bicyclic) bond motifs is 4. The van der Waals surface area contributed by atoms with Crippen molar-refractivity contribution < 1.29 is 25.3 Å². The van der Waals surface area contributed by atoms with E-state index < -0.39 is 0 Å². The van der Waals surface area contributed by atoms with Crippen molar-refractivity contribution in [3.8, 4) is 0 Å². The van der Waals surface area contributed by atoms with Crippen molar-refractivity contribution in [3.63, 3.8) is 0 Å². The van der Waals surface area contributed by atoms with Crippen molar-refractivity contribution in [2.45, 2.75) is 19.9 Å². The molecule has 1 aromatic rings. The van der Waals surface area contributed by atoms with Crippen molar-refractivity contribution in [1.29, 1.82) is 0 Å². The molecule has 36 heavy (non-hydrogen) atoms. The van der Waals surface area contributed by atoms with Crippen LogP contribution in [-0.2, 0) is 15.1 Å². The van der Waals surface area contributed by atoms with E-state index in [1.165, 1.54) is 0 Å². The van der Waals surface area contributed by atoms with Crippen LogP contribution in [0, 0.1) is 0 Å². The third-order valence-electron chi connectivity index (χ3n) is 5.82. The molecule has 4 aliphatic rings. The summed E-state index contributed by atoms with van der Waals surface area (Å²) in [6, 6.07) is 3.76. The minimum atomic E-state index is -0.269. The van der Waals surface area contributed by atoms with Crippen LogP contribution in [0.2, 0.25) is 0 Å². The first kappa shape index (κ1) is 26.1. The fourth-order valence-electron chi connectivity index (χ4n) is 4.07. The van der Waals surface area contributed by atoms with Crippen molar-refractivity contribution in [3.05, 3.63) is 86.2 Å². The molecule has 0 saturated carbocycles. The molecule has 4 heterocycles. The summed E-state index contributed by atoms with van der Waals surface area (Å²) in [7, 11) is 4.45. The zero-order valence-corrected chi connectivity index (χ0v) is 21.8. The van der Waals surface area contributed by atoms with Gasteiger partial charge in [0.25, 0.3) is 0 Å². The summed E-state index contributed by atoms with van der Waals surface area (Å²) in [5.74, 6) is 1.23. The third kappa shape index (κ3) is 5.38. The van der Waals surface area contributed by atoms with Crippen LogP contribution >= 0.6 is 10.1 Å². The second-order valence-electron chi connectivity index (χ2n) is 8.18. The molecular formula is C25H26ClMnN7O2-2. The van der Waals surface area contributed by atoms with Gasteiger partial charge in [-0.15, -0.1) is 5.70 Å². The molecule has 1 unspecified atom stereocenters. The number of aliphatic hydroxyl groups is 2. The molecule has 0 radical (unpaired) electrons. The van der Waals surface area contributed by atoms with Crippen LogP contribution in [0.25, 0.3) is 28.1 Å². The van der Waals surface area contributed by atoms with E-state index in [0.29, 0.717) is 23.9 Å². The van der Waals surface area contributed by atoms with Crippen molar-refractivity contribution in [2.24, 2.45) is 10.2 Å². The predicted molar refractivity (Wildman–Crippen MR) is 141 cm³/mol. The second kappa shape index (κ2) is 11.8. The fourth-order valence-corrected chi connectivity index (χ4v) is 4.07. The zero-order valence-electron chi connectivity index (χ0n) is 19.9. The Bertz CT molecular complexity index is 1320. The van der Waals surface area contributed by atoms with E-state index in [1.54, 1.807) is 10.0 Å².